The van der Waals surface area contributed by atoms with E-state index in [-0.39, 0.29) is 0 Å². The molecule has 1 N–H and O–H groups in total. The van der Waals surface area contributed by atoms with Crippen molar-refractivity contribution in [1.82, 2.24) is 4.90 Å². The van der Waals surface area contributed by atoms with Crippen LogP contribution in [0.25, 0.3) is 0 Å². The van der Waals surface area contributed by atoms with Gasteiger partial charge >= 0.3 is 0 Å². The number of aliphatic hydroxyl groups excluding tert-OH is 1. The number of hydrogen-bond donors (Lipinski definition) is 1. The second kappa shape index (κ2) is 2.36. The molecule has 0 spiro atoms. The lowest BCUT2D eigenvalue weighted by Gasteiger charge is -2.22. The minimum Gasteiger partial charge on any atom is -0.368 e. The maximum absolute atomic E-state index is 9.09. The summed E-state index contributed by atoms with van der Waals surface area (Å²) in [6.07, 6.45) is 10.3. The summed E-state index contributed by atoms with van der Waals surface area (Å²) in [5, 5.41) is 9.09. The highest BCUT2D eigenvalue weighted by Crippen LogP contribution is 2.09. The maximum Gasteiger partial charge on any atom is 0.168 e. The first-order chi connectivity index (χ1) is 5.36. The third-order valence-corrected chi connectivity index (χ3v) is 1.55. The van der Waals surface area contributed by atoms with Crippen LogP contribution >= 0.6 is 0 Å². The number of hydrogen-bond acceptors (Lipinski definition) is 3. The zero-order valence-electron chi connectivity index (χ0n) is 5.88. The van der Waals surface area contributed by atoms with Crippen molar-refractivity contribution in [2.24, 2.45) is 4.99 Å². The molecule has 2 rings (SSSR count). The monoisotopic (exact) mass is 148 g/mol. The number of aliphatic hydroxyl groups is 1. The first-order valence-electron chi connectivity index (χ1n) is 3.44. The van der Waals surface area contributed by atoms with Gasteiger partial charge in [0.15, 0.2) is 6.23 Å². The predicted octanol–water partition coefficient (Wildman–Crippen LogP) is 0.616. The molecule has 0 aliphatic carbocycles. The summed E-state index contributed by atoms with van der Waals surface area (Å²) >= 11 is 0. The van der Waals surface area contributed by atoms with E-state index in [2.05, 4.69) is 4.99 Å². The Kier molecular flexibility index (Phi) is 1.36. The third-order valence-electron chi connectivity index (χ3n) is 1.55. The van der Waals surface area contributed by atoms with Crippen molar-refractivity contribution in [1.29, 1.82) is 0 Å². The maximum atomic E-state index is 9.09. The van der Waals surface area contributed by atoms with Gasteiger partial charge in [-0.2, -0.15) is 0 Å². The molecule has 56 valence electrons. The summed E-state index contributed by atoms with van der Waals surface area (Å²) in [7, 11) is 0. The van der Waals surface area contributed by atoms with E-state index in [0.29, 0.717) is 0 Å². The van der Waals surface area contributed by atoms with E-state index in [1.807, 2.05) is 29.3 Å². The van der Waals surface area contributed by atoms with Gasteiger partial charge in [-0.05, 0) is 18.2 Å². The van der Waals surface area contributed by atoms with Gasteiger partial charge in [-0.15, -0.1) is 0 Å². The van der Waals surface area contributed by atoms with Gasteiger partial charge in [-0.25, -0.2) is 4.99 Å². The van der Waals surface area contributed by atoms with Crippen LogP contribution in [0.15, 0.2) is 41.7 Å². The van der Waals surface area contributed by atoms with Crippen molar-refractivity contribution in [2.45, 2.75) is 6.23 Å². The molecule has 0 amide bonds. The minimum atomic E-state index is -0.683. The van der Waals surface area contributed by atoms with E-state index >= 15 is 0 Å². The molecule has 0 aromatic rings. The van der Waals surface area contributed by atoms with E-state index < -0.39 is 6.23 Å². The van der Waals surface area contributed by atoms with Gasteiger partial charge in [-0.1, -0.05) is 6.08 Å². The Balaban J connectivity index is 2.31. The minimum absolute atomic E-state index is 0.683. The standard InChI is InChI=1S/C8H8N2O/c11-8-4-6-10-5-2-1-3-7(10)9-8/h1-6,8,11H. The lowest BCUT2D eigenvalue weighted by atomic mass is 10.3. The molecule has 2 heterocycles. The summed E-state index contributed by atoms with van der Waals surface area (Å²) in [6, 6.07) is 0. The van der Waals surface area contributed by atoms with E-state index in [4.69, 9.17) is 5.11 Å². The second-order valence-electron chi connectivity index (χ2n) is 2.35. The molecule has 0 bridgehead atoms. The fourth-order valence-corrected chi connectivity index (χ4v) is 1.03. The van der Waals surface area contributed by atoms with Crippen LogP contribution < -0.4 is 0 Å². The van der Waals surface area contributed by atoms with Crippen LogP contribution in [0.2, 0.25) is 0 Å². The molecule has 1 atom stereocenters. The molecule has 2 aliphatic rings. The average Bonchev–Trinajstić information content (AvgIpc) is 2.04. The van der Waals surface area contributed by atoms with Gasteiger partial charge in [0.1, 0.15) is 5.84 Å². The highest BCUT2D eigenvalue weighted by atomic mass is 16.3. The van der Waals surface area contributed by atoms with Gasteiger partial charge in [-0.3, -0.25) is 0 Å². The Bertz CT molecular complexity index is 276. The van der Waals surface area contributed by atoms with Crippen molar-refractivity contribution in [3.63, 3.8) is 0 Å². The Morgan fingerprint density at radius 3 is 3.18 bits per heavy atom. The number of allylic oxidation sites excluding steroid dienone is 2. The molecule has 1 unspecified atom stereocenters. The summed E-state index contributed by atoms with van der Waals surface area (Å²) < 4.78 is 0. The fourth-order valence-electron chi connectivity index (χ4n) is 1.03. The zero-order valence-corrected chi connectivity index (χ0v) is 5.88. The van der Waals surface area contributed by atoms with Gasteiger partial charge in [0, 0.05) is 12.4 Å². The SMILES string of the molecule is OC1C=CN2C=CC=CC2=N1. The van der Waals surface area contributed by atoms with Crippen molar-refractivity contribution >= 4 is 5.84 Å². The Morgan fingerprint density at radius 2 is 2.27 bits per heavy atom. The Hall–Kier alpha value is -1.35. The van der Waals surface area contributed by atoms with Crippen LogP contribution in [0.3, 0.4) is 0 Å². The van der Waals surface area contributed by atoms with Crippen molar-refractivity contribution in [2.75, 3.05) is 0 Å². The second-order valence-corrected chi connectivity index (χ2v) is 2.35. The van der Waals surface area contributed by atoms with E-state index in [0.717, 1.165) is 5.84 Å². The molecule has 0 aromatic heterocycles. The average molecular weight is 148 g/mol. The lowest BCUT2D eigenvalue weighted by molar-refractivity contribution is 0.228. The van der Waals surface area contributed by atoms with E-state index in [1.165, 1.54) is 0 Å². The topological polar surface area (TPSA) is 35.8 Å². The predicted molar refractivity (Wildman–Crippen MR) is 42.7 cm³/mol. The first kappa shape index (κ1) is 6.37. The number of aliphatic imine (C=N–C) groups is 1. The molecule has 0 saturated heterocycles. The molecule has 11 heavy (non-hydrogen) atoms. The lowest BCUT2D eigenvalue weighted by Crippen LogP contribution is -2.25. The summed E-state index contributed by atoms with van der Waals surface area (Å²) in [4.78, 5) is 5.83. The highest BCUT2D eigenvalue weighted by Gasteiger charge is 2.11. The van der Waals surface area contributed by atoms with Crippen LogP contribution in [0.5, 0.6) is 0 Å². The molecule has 3 heteroatoms. The van der Waals surface area contributed by atoms with Crippen LogP contribution in [-0.4, -0.2) is 22.1 Å². The first-order valence-corrected chi connectivity index (χ1v) is 3.44. The molecule has 0 aromatic carbocycles. The van der Waals surface area contributed by atoms with E-state index in [1.54, 1.807) is 12.3 Å². The van der Waals surface area contributed by atoms with Gasteiger partial charge < -0.3 is 10.0 Å². The smallest absolute Gasteiger partial charge is 0.168 e. The summed E-state index contributed by atoms with van der Waals surface area (Å²) in [5.74, 6) is 0.780. The Labute approximate surface area is 64.7 Å². The van der Waals surface area contributed by atoms with Crippen molar-refractivity contribution in [3.05, 3.63) is 36.7 Å². The molecule has 0 fully saturated rings. The third kappa shape index (κ3) is 1.10. The fraction of sp³-hybridized carbons (Fsp3) is 0.125. The van der Waals surface area contributed by atoms with Crippen molar-refractivity contribution < 1.29 is 5.11 Å². The number of nitrogens with zero attached hydrogens (tertiary/aromatic N) is 2. The molecule has 2 aliphatic heterocycles. The quantitative estimate of drug-likeness (QED) is 0.546. The largest absolute Gasteiger partial charge is 0.368 e. The van der Waals surface area contributed by atoms with Gasteiger partial charge in [0.25, 0.3) is 0 Å². The summed E-state index contributed by atoms with van der Waals surface area (Å²) in [5.41, 5.74) is 0. The van der Waals surface area contributed by atoms with Crippen LogP contribution in [0.4, 0.5) is 0 Å². The van der Waals surface area contributed by atoms with Crippen LogP contribution in [-0.2, 0) is 0 Å². The number of rotatable bonds is 0. The van der Waals surface area contributed by atoms with Gasteiger partial charge in [0.05, 0.1) is 0 Å². The van der Waals surface area contributed by atoms with Gasteiger partial charge in [0.2, 0.25) is 0 Å². The van der Waals surface area contributed by atoms with E-state index in [9.17, 15) is 0 Å². The molecule has 0 saturated carbocycles. The Morgan fingerprint density at radius 1 is 1.36 bits per heavy atom. The molecular formula is C8H8N2O. The molecule has 3 nitrogen and oxygen atoms in total. The molecule has 0 radical (unpaired) electrons. The summed E-state index contributed by atoms with van der Waals surface area (Å²) in [6.45, 7) is 0. The van der Waals surface area contributed by atoms with Crippen molar-refractivity contribution in [3.8, 4) is 0 Å². The highest BCUT2D eigenvalue weighted by molar-refractivity contribution is 5.96. The van der Waals surface area contributed by atoms with Crippen LogP contribution in [0, 0.1) is 0 Å². The zero-order chi connectivity index (χ0) is 7.68. The molecular weight excluding hydrogens is 140 g/mol. The normalized spacial score (nSPS) is 26.8. The number of amidine groups is 1. The van der Waals surface area contributed by atoms with Crippen LogP contribution in [0.1, 0.15) is 0 Å². The number of fused-ring (bicyclic) bond motifs is 1.